The maximum Gasteiger partial charge on any atom is 0.322 e. The summed E-state index contributed by atoms with van der Waals surface area (Å²) in [6, 6.07) is 6.54. The third-order valence-corrected chi connectivity index (χ3v) is 4.19. The van der Waals surface area contributed by atoms with Crippen LogP contribution >= 0.6 is 0 Å². The summed E-state index contributed by atoms with van der Waals surface area (Å²) in [7, 11) is 0. The van der Waals surface area contributed by atoms with Crippen LogP contribution in [0.15, 0.2) is 29.1 Å². The molecule has 9 heteroatoms. The Morgan fingerprint density at radius 3 is 2.74 bits per heavy atom. The lowest BCUT2D eigenvalue weighted by Gasteiger charge is -2.18. The Labute approximate surface area is 156 Å². The number of nitrogens with zero attached hydrogens (tertiary/aromatic N) is 2. The van der Waals surface area contributed by atoms with Gasteiger partial charge in [0.1, 0.15) is 0 Å². The number of urea groups is 1. The van der Waals surface area contributed by atoms with Crippen molar-refractivity contribution in [1.82, 2.24) is 20.6 Å². The molecule has 0 aliphatic carbocycles. The van der Waals surface area contributed by atoms with Gasteiger partial charge in [0.2, 0.25) is 5.95 Å². The van der Waals surface area contributed by atoms with E-state index in [1.807, 2.05) is 13.0 Å². The molecule has 0 saturated carbocycles. The van der Waals surface area contributed by atoms with Crippen LogP contribution in [-0.4, -0.2) is 48.1 Å². The zero-order valence-corrected chi connectivity index (χ0v) is 15.3. The first kappa shape index (κ1) is 18.4. The summed E-state index contributed by atoms with van der Waals surface area (Å²) in [4.78, 5) is 44.0. The third-order valence-electron chi connectivity index (χ3n) is 4.19. The summed E-state index contributed by atoms with van der Waals surface area (Å²) in [5, 5.41) is 8.52. The van der Waals surface area contributed by atoms with Crippen molar-refractivity contribution < 1.29 is 9.59 Å². The highest BCUT2D eigenvalue weighted by Gasteiger charge is 2.23. The van der Waals surface area contributed by atoms with E-state index in [2.05, 4.69) is 25.9 Å². The maximum atomic E-state index is 12.4. The van der Waals surface area contributed by atoms with Crippen molar-refractivity contribution >= 4 is 23.6 Å². The van der Waals surface area contributed by atoms with Crippen molar-refractivity contribution in [1.29, 1.82) is 0 Å². The van der Waals surface area contributed by atoms with E-state index in [1.54, 1.807) is 24.0 Å². The Hall–Kier alpha value is -3.36. The average molecular weight is 370 g/mol. The van der Waals surface area contributed by atoms with Crippen LogP contribution in [0.25, 0.3) is 0 Å². The van der Waals surface area contributed by atoms with Gasteiger partial charge < -0.3 is 16.0 Å². The number of carbonyl (C=O) groups is 2. The molecule has 0 unspecified atom stereocenters. The van der Waals surface area contributed by atoms with Crippen molar-refractivity contribution in [3.05, 3.63) is 51.4 Å². The molecule has 1 aliphatic heterocycles. The summed E-state index contributed by atoms with van der Waals surface area (Å²) in [6.45, 7) is 5.57. The molecular formula is C18H22N6O3. The first-order valence-electron chi connectivity index (χ1n) is 8.70. The van der Waals surface area contributed by atoms with Crippen molar-refractivity contribution in [3.8, 4) is 0 Å². The number of nitrogens with one attached hydrogen (secondary N) is 4. The van der Waals surface area contributed by atoms with Crippen molar-refractivity contribution in [2.75, 3.05) is 36.4 Å². The first-order chi connectivity index (χ1) is 12.9. The predicted octanol–water partition coefficient (Wildman–Crippen LogP) is 0.758. The maximum absolute atomic E-state index is 12.4. The molecule has 1 aromatic heterocycles. The van der Waals surface area contributed by atoms with E-state index in [9.17, 15) is 14.4 Å². The minimum Gasteiger partial charge on any atom is -0.354 e. The molecule has 1 saturated heterocycles. The number of aryl methyl sites for hydroxylation is 2. The zero-order chi connectivity index (χ0) is 19.4. The molecule has 1 aliphatic rings. The number of hydrogen-bond donors (Lipinski definition) is 4. The summed E-state index contributed by atoms with van der Waals surface area (Å²) < 4.78 is 0. The SMILES string of the molecule is Cc1cc(=O)[nH]c(NCCNC(=O)c2ccc(C)c(N3CCNC3=O)c2)n1. The van der Waals surface area contributed by atoms with Gasteiger partial charge in [0, 0.05) is 49.2 Å². The van der Waals surface area contributed by atoms with E-state index >= 15 is 0 Å². The van der Waals surface area contributed by atoms with Gasteiger partial charge in [-0.1, -0.05) is 6.07 Å². The fourth-order valence-electron chi connectivity index (χ4n) is 2.86. The normalized spacial score (nSPS) is 13.4. The van der Waals surface area contributed by atoms with Gasteiger partial charge in [-0.05, 0) is 31.5 Å². The largest absolute Gasteiger partial charge is 0.354 e. The highest BCUT2D eigenvalue weighted by atomic mass is 16.2. The number of benzene rings is 1. The van der Waals surface area contributed by atoms with Crippen LogP contribution < -0.4 is 26.4 Å². The second-order valence-electron chi connectivity index (χ2n) is 6.30. The molecule has 3 rings (SSSR count). The van der Waals surface area contributed by atoms with Crippen molar-refractivity contribution in [2.45, 2.75) is 13.8 Å². The number of aromatic nitrogens is 2. The minimum absolute atomic E-state index is 0.153. The summed E-state index contributed by atoms with van der Waals surface area (Å²) in [6.07, 6.45) is 0. The number of H-pyrrole nitrogens is 1. The van der Waals surface area contributed by atoms with Crippen LogP contribution in [-0.2, 0) is 0 Å². The van der Waals surface area contributed by atoms with Crippen LogP contribution in [0, 0.1) is 13.8 Å². The smallest absolute Gasteiger partial charge is 0.322 e. The van der Waals surface area contributed by atoms with Gasteiger partial charge >= 0.3 is 6.03 Å². The summed E-state index contributed by atoms with van der Waals surface area (Å²) in [5.41, 5.74) is 2.53. The Bertz CT molecular complexity index is 924. The number of amides is 3. The zero-order valence-electron chi connectivity index (χ0n) is 15.3. The molecule has 2 aromatic rings. The molecular weight excluding hydrogens is 348 g/mol. The van der Waals surface area contributed by atoms with E-state index < -0.39 is 0 Å². The molecule has 27 heavy (non-hydrogen) atoms. The topological polar surface area (TPSA) is 119 Å². The fraction of sp³-hybridized carbons (Fsp3) is 0.333. The Morgan fingerprint density at radius 1 is 1.22 bits per heavy atom. The van der Waals surface area contributed by atoms with Crippen LogP contribution in [0.5, 0.6) is 0 Å². The molecule has 2 heterocycles. The van der Waals surface area contributed by atoms with Gasteiger partial charge in [-0.25, -0.2) is 9.78 Å². The second kappa shape index (κ2) is 7.90. The molecule has 0 radical (unpaired) electrons. The van der Waals surface area contributed by atoms with Gasteiger partial charge in [0.25, 0.3) is 11.5 Å². The molecule has 4 N–H and O–H groups in total. The predicted molar refractivity (Wildman–Crippen MR) is 102 cm³/mol. The standard InChI is InChI=1S/C18H22N6O3/c1-11-3-4-13(10-14(11)24-8-7-21-18(24)27)16(26)19-5-6-20-17-22-12(2)9-15(25)23-17/h3-4,9-10H,5-8H2,1-2H3,(H,19,26)(H,21,27)(H2,20,22,23,25). The quantitative estimate of drug-likeness (QED) is 0.560. The minimum atomic E-state index is -0.233. The van der Waals surface area contributed by atoms with Crippen LogP contribution in [0.2, 0.25) is 0 Å². The van der Waals surface area contributed by atoms with Gasteiger partial charge in [-0.2, -0.15) is 0 Å². The molecule has 0 bridgehead atoms. The van der Waals surface area contributed by atoms with E-state index in [0.29, 0.717) is 43.4 Å². The van der Waals surface area contributed by atoms with Gasteiger partial charge in [-0.15, -0.1) is 0 Å². The van der Waals surface area contributed by atoms with E-state index in [4.69, 9.17) is 0 Å². The number of carbonyl (C=O) groups excluding carboxylic acids is 2. The lowest BCUT2D eigenvalue weighted by Crippen LogP contribution is -2.31. The Balaban J connectivity index is 1.58. The van der Waals surface area contributed by atoms with Gasteiger partial charge in [0.05, 0.1) is 0 Å². The molecule has 1 fully saturated rings. The van der Waals surface area contributed by atoms with E-state index in [0.717, 1.165) is 11.3 Å². The summed E-state index contributed by atoms with van der Waals surface area (Å²) in [5.74, 6) is 0.135. The molecule has 9 nitrogen and oxygen atoms in total. The van der Waals surface area contributed by atoms with Crippen molar-refractivity contribution in [2.24, 2.45) is 0 Å². The lowest BCUT2D eigenvalue weighted by molar-refractivity contribution is 0.0955. The molecule has 3 amide bonds. The number of rotatable bonds is 6. The molecule has 0 atom stereocenters. The lowest BCUT2D eigenvalue weighted by atomic mass is 10.1. The summed E-state index contributed by atoms with van der Waals surface area (Å²) >= 11 is 0. The van der Waals surface area contributed by atoms with Crippen LogP contribution in [0.4, 0.5) is 16.4 Å². The molecule has 0 spiro atoms. The fourth-order valence-corrected chi connectivity index (χ4v) is 2.86. The third kappa shape index (κ3) is 4.43. The van der Waals surface area contributed by atoms with Crippen molar-refractivity contribution in [3.63, 3.8) is 0 Å². The Kier molecular flexibility index (Phi) is 5.39. The molecule has 142 valence electrons. The second-order valence-corrected chi connectivity index (χ2v) is 6.30. The van der Waals surface area contributed by atoms with E-state index in [1.165, 1.54) is 6.07 Å². The number of anilines is 2. The van der Waals surface area contributed by atoms with Crippen LogP contribution in [0.1, 0.15) is 21.6 Å². The average Bonchev–Trinajstić information content (AvgIpc) is 3.04. The van der Waals surface area contributed by atoms with Gasteiger partial charge in [0.15, 0.2) is 0 Å². The Morgan fingerprint density at radius 2 is 2.04 bits per heavy atom. The highest BCUT2D eigenvalue weighted by Crippen LogP contribution is 2.23. The van der Waals surface area contributed by atoms with E-state index in [-0.39, 0.29) is 17.5 Å². The number of aromatic amines is 1. The first-order valence-corrected chi connectivity index (χ1v) is 8.70. The monoisotopic (exact) mass is 370 g/mol. The van der Waals surface area contributed by atoms with Crippen LogP contribution in [0.3, 0.4) is 0 Å². The highest BCUT2D eigenvalue weighted by molar-refractivity contribution is 5.99. The number of hydrogen-bond acceptors (Lipinski definition) is 5. The van der Waals surface area contributed by atoms with Gasteiger partial charge in [-0.3, -0.25) is 19.5 Å². The molecule has 1 aromatic carbocycles.